The highest BCUT2D eigenvalue weighted by atomic mass is 16.5. The van der Waals surface area contributed by atoms with Crippen LogP contribution < -0.4 is 5.32 Å². The van der Waals surface area contributed by atoms with Crippen molar-refractivity contribution in [2.24, 2.45) is 5.92 Å². The number of hydrogen-bond donors (Lipinski definition) is 2. The molecule has 0 spiro atoms. The SMILES string of the molecule is CCCC1CC1NC(=O)N1CCOCC1CC(=O)O. The van der Waals surface area contributed by atoms with E-state index in [1.54, 1.807) is 4.90 Å². The van der Waals surface area contributed by atoms with E-state index in [0.29, 0.717) is 25.7 Å². The Bertz CT molecular complexity index is 348. The van der Waals surface area contributed by atoms with E-state index in [9.17, 15) is 9.59 Å². The molecule has 1 aliphatic carbocycles. The van der Waals surface area contributed by atoms with Crippen molar-refractivity contribution in [1.82, 2.24) is 10.2 Å². The molecule has 0 aromatic rings. The molecule has 1 heterocycles. The van der Waals surface area contributed by atoms with Crippen LogP contribution in [0.5, 0.6) is 0 Å². The van der Waals surface area contributed by atoms with Gasteiger partial charge in [0.1, 0.15) is 0 Å². The minimum Gasteiger partial charge on any atom is -0.481 e. The first kappa shape index (κ1) is 14.1. The molecule has 2 amide bonds. The van der Waals surface area contributed by atoms with E-state index < -0.39 is 5.97 Å². The number of carbonyl (C=O) groups is 2. The van der Waals surface area contributed by atoms with Gasteiger partial charge in [0.05, 0.1) is 25.7 Å². The van der Waals surface area contributed by atoms with E-state index >= 15 is 0 Å². The largest absolute Gasteiger partial charge is 0.481 e. The molecule has 1 saturated heterocycles. The molecule has 3 unspecified atom stereocenters. The number of ether oxygens (including phenoxy) is 1. The Hall–Kier alpha value is -1.30. The number of carbonyl (C=O) groups excluding carboxylic acids is 1. The van der Waals surface area contributed by atoms with Crippen molar-refractivity contribution in [3.63, 3.8) is 0 Å². The Balaban J connectivity index is 1.84. The van der Waals surface area contributed by atoms with Gasteiger partial charge in [-0.25, -0.2) is 4.79 Å². The second-order valence-electron chi connectivity index (χ2n) is 5.36. The summed E-state index contributed by atoms with van der Waals surface area (Å²) in [6, 6.07) is -0.214. The van der Waals surface area contributed by atoms with Crippen LogP contribution >= 0.6 is 0 Å². The number of carboxylic acids is 1. The van der Waals surface area contributed by atoms with Gasteiger partial charge in [-0.15, -0.1) is 0 Å². The third-order valence-electron chi connectivity index (χ3n) is 3.79. The first-order chi connectivity index (χ1) is 9.11. The smallest absolute Gasteiger partial charge is 0.318 e. The normalized spacial score (nSPS) is 29.9. The van der Waals surface area contributed by atoms with Crippen molar-refractivity contribution in [3.8, 4) is 0 Å². The molecule has 0 radical (unpaired) electrons. The maximum atomic E-state index is 12.2. The fourth-order valence-electron chi connectivity index (χ4n) is 2.65. The minimum absolute atomic E-state index is 0.0591. The van der Waals surface area contributed by atoms with Crippen LogP contribution in [0, 0.1) is 5.92 Å². The van der Waals surface area contributed by atoms with Crippen molar-refractivity contribution < 1.29 is 19.4 Å². The molecular formula is C13H22N2O4. The quantitative estimate of drug-likeness (QED) is 0.783. The van der Waals surface area contributed by atoms with E-state index in [4.69, 9.17) is 9.84 Å². The second-order valence-corrected chi connectivity index (χ2v) is 5.36. The van der Waals surface area contributed by atoms with Crippen LogP contribution in [0.25, 0.3) is 0 Å². The van der Waals surface area contributed by atoms with Crippen molar-refractivity contribution in [3.05, 3.63) is 0 Å². The van der Waals surface area contributed by atoms with Crippen LogP contribution in [0.1, 0.15) is 32.6 Å². The Morgan fingerprint density at radius 1 is 1.47 bits per heavy atom. The Morgan fingerprint density at radius 2 is 2.26 bits per heavy atom. The van der Waals surface area contributed by atoms with Gasteiger partial charge in [-0.3, -0.25) is 4.79 Å². The number of morpholine rings is 1. The number of rotatable bonds is 5. The van der Waals surface area contributed by atoms with Gasteiger partial charge in [-0.1, -0.05) is 13.3 Å². The lowest BCUT2D eigenvalue weighted by Crippen LogP contribution is -2.53. The maximum absolute atomic E-state index is 12.2. The number of aliphatic carboxylic acids is 1. The van der Waals surface area contributed by atoms with E-state index in [2.05, 4.69) is 12.2 Å². The zero-order chi connectivity index (χ0) is 13.8. The van der Waals surface area contributed by atoms with Gasteiger partial charge in [-0.05, 0) is 18.8 Å². The molecule has 19 heavy (non-hydrogen) atoms. The highest BCUT2D eigenvalue weighted by Crippen LogP contribution is 2.34. The third kappa shape index (κ3) is 3.83. The van der Waals surface area contributed by atoms with Crippen LogP contribution in [0.2, 0.25) is 0 Å². The molecule has 1 aliphatic heterocycles. The zero-order valence-corrected chi connectivity index (χ0v) is 11.3. The van der Waals surface area contributed by atoms with Gasteiger partial charge in [0.25, 0.3) is 0 Å². The topological polar surface area (TPSA) is 78.9 Å². The first-order valence-electron chi connectivity index (χ1n) is 6.98. The highest BCUT2D eigenvalue weighted by molar-refractivity contribution is 5.76. The van der Waals surface area contributed by atoms with Crippen LogP contribution in [-0.4, -0.2) is 53.8 Å². The highest BCUT2D eigenvalue weighted by Gasteiger charge is 2.39. The van der Waals surface area contributed by atoms with E-state index in [1.807, 2.05) is 0 Å². The summed E-state index contributed by atoms with van der Waals surface area (Å²) in [5.41, 5.74) is 0. The van der Waals surface area contributed by atoms with Crippen LogP contribution in [0.3, 0.4) is 0 Å². The summed E-state index contributed by atoms with van der Waals surface area (Å²) in [6.07, 6.45) is 3.27. The summed E-state index contributed by atoms with van der Waals surface area (Å²) >= 11 is 0. The molecule has 2 N–H and O–H groups in total. The molecule has 2 aliphatic rings. The molecule has 6 nitrogen and oxygen atoms in total. The number of carboxylic acid groups (broad SMARTS) is 1. The molecule has 2 fully saturated rings. The predicted molar refractivity (Wildman–Crippen MR) is 68.9 cm³/mol. The first-order valence-corrected chi connectivity index (χ1v) is 6.98. The van der Waals surface area contributed by atoms with Gasteiger partial charge >= 0.3 is 12.0 Å². The number of urea groups is 1. The fraction of sp³-hybridized carbons (Fsp3) is 0.846. The molecule has 1 saturated carbocycles. The van der Waals surface area contributed by atoms with Gasteiger partial charge in [-0.2, -0.15) is 0 Å². The summed E-state index contributed by atoms with van der Waals surface area (Å²) in [7, 11) is 0. The number of amides is 2. The summed E-state index contributed by atoms with van der Waals surface area (Å²) in [6.45, 7) is 3.40. The number of hydrogen-bond acceptors (Lipinski definition) is 3. The van der Waals surface area contributed by atoms with Crippen LogP contribution in [-0.2, 0) is 9.53 Å². The Kier molecular flexibility index (Phi) is 4.63. The summed E-state index contributed by atoms with van der Waals surface area (Å²) in [5.74, 6) is -0.295. The monoisotopic (exact) mass is 270 g/mol. The Labute approximate surface area is 113 Å². The third-order valence-corrected chi connectivity index (χ3v) is 3.79. The summed E-state index contributed by atoms with van der Waals surface area (Å²) in [5, 5.41) is 11.9. The average Bonchev–Trinajstić information content (AvgIpc) is 3.07. The number of nitrogens with zero attached hydrogens (tertiary/aromatic N) is 1. The van der Waals surface area contributed by atoms with E-state index in [0.717, 1.165) is 19.3 Å². The molecule has 0 bridgehead atoms. The zero-order valence-electron chi connectivity index (χ0n) is 11.3. The second kappa shape index (κ2) is 6.23. The molecule has 0 aromatic carbocycles. The predicted octanol–water partition coefficient (Wildman–Crippen LogP) is 1.06. The van der Waals surface area contributed by atoms with Crippen LogP contribution in [0.15, 0.2) is 0 Å². The molecule has 0 aromatic heterocycles. The summed E-state index contributed by atoms with van der Waals surface area (Å²) in [4.78, 5) is 24.6. The molecular weight excluding hydrogens is 248 g/mol. The molecule has 3 atom stereocenters. The van der Waals surface area contributed by atoms with Crippen molar-refractivity contribution in [2.45, 2.75) is 44.7 Å². The minimum atomic E-state index is -0.899. The van der Waals surface area contributed by atoms with Gasteiger partial charge in [0.15, 0.2) is 0 Å². The Morgan fingerprint density at radius 3 is 2.95 bits per heavy atom. The summed E-state index contributed by atoms with van der Waals surface area (Å²) < 4.78 is 5.26. The maximum Gasteiger partial charge on any atom is 0.318 e. The average molecular weight is 270 g/mol. The van der Waals surface area contributed by atoms with Crippen LogP contribution in [0.4, 0.5) is 4.79 Å². The lowest BCUT2D eigenvalue weighted by atomic mass is 10.1. The lowest BCUT2D eigenvalue weighted by Gasteiger charge is -2.34. The van der Waals surface area contributed by atoms with Crippen molar-refractivity contribution >= 4 is 12.0 Å². The van der Waals surface area contributed by atoms with Crippen molar-refractivity contribution in [1.29, 1.82) is 0 Å². The molecule has 6 heteroatoms. The van der Waals surface area contributed by atoms with Gasteiger partial charge < -0.3 is 20.1 Å². The molecule has 2 rings (SSSR count). The van der Waals surface area contributed by atoms with E-state index in [1.165, 1.54) is 0 Å². The van der Waals surface area contributed by atoms with Crippen molar-refractivity contribution in [2.75, 3.05) is 19.8 Å². The fourth-order valence-corrected chi connectivity index (χ4v) is 2.65. The van der Waals surface area contributed by atoms with Gasteiger partial charge in [0, 0.05) is 12.6 Å². The standard InChI is InChI=1S/C13H22N2O4/c1-2-3-9-6-11(9)14-13(18)15-4-5-19-8-10(15)7-12(16)17/h9-11H,2-8H2,1H3,(H,14,18)(H,16,17). The lowest BCUT2D eigenvalue weighted by molar-refractivity contribution is -0.139. The van der Waals surface area contributed by atoms with Gasteiger partial charge in [0.2, 0.25) is 0 Å². The number of nitrogens with one attached hydrogen (secondary N) is 1. The molecule has 108 valence electrons. The van der Waals surface area contributed by atoms with E-state index in [-0.39, 0.29) is 24.5 Å².